The number of H-pyrrole nitrogens is 1. The van der Waals surface area contributed by atoms with Crippen molar-refractivity contribution in [2.75, 3.05) is 19.4 Å². The number of amides is 1. The Hall–Kier alpha value is -1.62. The number of likely N-dealkylation sites (tertiary alicyclic amines) is 1. The van der Waals surface area contributed by atoms with Crippen LogP contribution in [-0.4, -0.2) is 46.5 Å². The van der Waals surface area contributed by atoms with Crippen LogP contribution in [-0.2, 0) is 0 Å². The molecule has 20 heavy (non-hydrogen) atoms. The molecule has 1 amide bonds. The van der Waals surface area contributed by atoms with Crippen LogP contribution in [0.1, 0.15) is 16.9 Å². The first-order valence-corrected chi connectivity index (χ1v) is 7.89. The van der Waals surface area contributed by atoms with E-state index in [1.807, 2.05) is 40.9 Å². The fraction of sp³-hybridized carbons (Fsp3) is 0.400. The van der Waals surface area contributed by atoms with Crippen molar-refractivity contribution in [2.45, 2.75) is 17.7 Å². The summed E-state index contributed by atoms with van der Waals surface area (Å²) >= 11 is 2.00. The van der Waals surface area contributed by atoms with Crippen molar-refractivity contribution in [2.24, 2.45) is 0 Å². The zero-order valence-corrected chi connectivity index (χ0v) is 12.1. The summed E-state index contributed by atoms with van der Waals surface area (Å²) in [6, 6.07) is 8.19. The molecule has 2 aliphatic heterocycles. The Balaban J connectivity index is 1.66. The third kappa shape index (κ3) is 1.80. The Labute approximate surface area is 121 Å². The van der Waals surface area contributed by atoms with E-state index in [9.17, 15) is 4.79 Å². The van der Waals surface area contributed by atoms with Gasteiger partial charge in [0, 0.05) is 40.6 Å². The summed E-state index contributed by atoms with van der Waals surface area (Å²) in [5, 5.41) is 1.70. The zero-order valence-electron chi connectivity index (χ0n) is 11.3. The standard InChI is InChI=1S/C15H16N2O2S/c1-19-11-3-2-9-4-14(16-13(9)6-11)15(18)17-7-12-5-10(17)8-20-12/h2-4,6,10,12,16H,5,7-8H2,1H3. The minimum absolute atomic E-state index is 0.132. The molecular formula is C15H16N2O2S. The Bertz CT molecular complexity index is 682. The van der Waals surface area contributed by atoms with E-state index in [0.717, 1.165) is 35.4 Å². The average Bonchev–Trinajstić information content (AvgIpc) is 3.19. The molecule has 3 heterocycles. The average molecular weight is 288 g/mol. The number of thioether (sulfide) groups is 1. The number of ether oxygens (including phenoxy) is 1. The number of rotatable bonds is 2. The second-order valence-electron chi connectivity index (χ2n) is 5.44. The van der Waals surface area contributed by atoms with E-state index < -0.39 is 0 Å². The van der Waals surface area contributed by atoms with Crippen LogP contribution in [0.2, 0.25) is 0 Å². The topological polar surface area (TPSA) is 45.3 Å². The quantitative estimate of drug-likeness (QED) is 0.923. The van der Waals surface area contributed by atoms with Gasteiger partial charge < -0.3 is 14.6 Å². The summed E-state index contributed by atoms with van der Waals surface area (Å²) in [5.41, 5.74) is 1.64. The number of hydrogen-bond acceptors (Lipinski definition) is 3. The molecule has 1 aromatic carbocycles. The minimum Gasteiger partial charge on any atom is -0.497 e. The van der Waals surface area contributed by atoms with E-state index in [-0.39, 0.29) is 5.91 Å². The number of fused-ring (bicyclic) bond motifs is 3. The van der Waals surface area contributed by atoms with E-state index in [0.29, 0.717) is 17.0 Å². The highest BCUT2D eigenvalue weighted by Gasteiger charge is 2.41. The van der Waals surface area contributed by atoms with Gasteiger partial charge in [0.1, 0.15) is 11.4 Å². The number of hydrogen-bond donors (Lipinski definition) is 1. The van der Waals surface area contributed by atoms with Crippen molar-refractivity contribution in [3.8, 4) is 5.75 Å². The summed E-state index contributed by atoms with van der Waals surface area (Å²) in [4.78, 5) is 17.9. The maximum atomic E-state index is 12.6. The van der Waals surface area contributed by atoms with Crippen LogP contribution in [0.5, 0.6) is 5.75 Å². The molecule has 5 heteroatoms. The van der Waals surface area contributed by atoms with Gasteiger partial charge >= 0.3 is 0 Å². The summed E-state index contributed by atoms with van der Waals surface area (Å²) in [6.07, 6.45) is 1.16. The van der Waals surface area contributed by atoms with Gasteiger partial charge in [-0.15, -0.1) is 0 Å². The van der Waals surface area contributed by atoms with E-state index >= 15 is 0 Å². The van der Waals surface area contributed by atoms with Gasteiger partial charge in [0.05, 0.1) is 7.11 Å². The molecule has 104 valence electrons. The minimum atomic E-state index is 0.132. The molecule has 2 unspecified atom stereocenters. The monoisotopic (exact) mass is 288 g/mol. The summed E-state index contributed by atoms with van der Waals surface area (Å²) < 4.78 is 5.21. The number of aromatic amines is 1. The molecule has 0 spiro atoms. The third-order valence-corrected chi connectivity index (χ3v) is 5.61. The van der Waals surface area contributed by atoms with Crippen molar-refractivity contribution >= 4 is 28.6 Å². The molecule has 2 saturated heterocycles. The van der Waals surface area contributed by atoms with Crippen LogP contribution in [0, 0.1) is 0 Å². The van der Waals surface area contributed by atoms with Gasteiger partial charge in [0.2, 0.25) is 0 Å². The van der Waals surface area contributed by atoms with Crippen molar-refractivity contribution in [3.63, 3.8) is 0 Å². The fourth-order valence-electron chi connectivity index (χ4n) is 3.15. The molecule has 0 aliphatic carbocycles. The molecule has 4 nitrogen and oxygen atoms in total. The van der Waals surface area contributed by atoms with Crippen molar-refractivity contribution < 1.29 is 9.53 Å². The highest BCUT2D eigenvalue weighted by Crippen LogP contribution is 2.38. The van der Waals surface area contributed by atoms with Gasteiger partial charge in [-0.1, -0.05) is 0 Å². The van der Waals surface area contributed by atoms with E-state index in [1.54, 1.807) is 7.11 Å². The Morgan fingerprint density at radius 2 is 2.35 bits per heavy atom. The molecule has 1 aromatic heterocycles. The number of aromatic nitrogens is 1. The van der Waals surface area contributed by atoms with Gasteiger partial charge in [-0.2, -0.15) is 11.8 Å². The number of carbonyl (C=O) groups excluding carboxylic acids is 1. The van der Waals surface area contributed by atoms with E-state index in [2.05, 4.69) is 4.98 Å². The largest absolute Gasteiger partial charge is 0.497 e. The number of nitrogens with zero attached hydrogens (tertiary/aromatic N) is 1. The van der Waals surface area contributed by atoms with Gasteiger partial charge in [0.15, 0.2) is 0 Å². The number of carbonyl (C=O) groups is 1. The first kappa shape index (κ1) is 12.1. The molecule has 1 N–H and O–H groups in total. The normalized spacial score (nSPS) is 24.6. The second-order valence-corrected chi connectivity index (χ2v) is 6.77. The number of nitrogens with one attached hydrogen (secondary N) is 1. The van der Waals surface area contributed by atoms with E-state index in [1.165, 1.54) is 0 Å². The molecule has 2 aliphatic rings. The first-order valence-electron chi connectivity index (χ1n) is 6.84. The van der Waals surface area contributed by atoms with Gasteiger partial charge in [-0.3, -0.25) is 4.79 Å². The third-order valence-electron chi connectivity index (χ3n) is 4.22. The molecular weight excluding hydrogens is 272 g/mol. The summed E-state index contributed by atoms with van der Waals surface area (Å²) in [6.45, 7) is 0.896. The highest BCUT2D eigenvalue weighted by molar-refractivity contribution is 8.00. The maximum Gasteiger partial charge on any atom is 0.270 e. The molecule has 2 fully saturated rings. The van der Waals surface area contributed by atoms with Gasteiger partial charge in [0.25, 0.3) is 5.91 Å². The van der Waals surface area contributed by atoms with E-state index in [4.69, 9.17) is 4.74 Å². The molecule has 0 radical (unpaired) electrons. The van der Waals surface area contributed by atoms with Crippen molar-refractivity contribution in [1.82, 2.24) is 9.88 Å². The smallest absolute Gasteiger partial charge is 0.270 e. The van der Waals surface area contributed by atoms with Crippen molar-refractivity contribution in [1.29, 1.82) is 0 Å². The first-order chi connectivity index (χ1) is 9.74. The number of methoxy groups -OCH3 is 1. The highest BCUT2D eigenvalue weighted by atomic mass is 32.2. The van der Waals surface area contributed by atoms with Crippen molar-refractivity contribution in [3.05, 3.63) is 30.0 Å². The Morgan fingerprint density at radius 1 is 1.45 bits per heavy atom. The Morgan fingerprint density at radius 3 is 3.05 bits per heavy atom. The fourth-order valence-corrected chi connectivity index (χ4v) is 4.59. The van der Waals surface area contributed by atoms with Crippen LogP contribution < -0.4 is 4.74 Å². The van der Waals surface area contributed by atoms with Crippen LogP contribution in [0.25, 0.3) is 10.9 Å². The second kappa shape index (κ2) is 4.45. The lowest BCUT2D eigenvalue weighted by Crippen LogP contribution is -2.39. The molecule has 4 rings (SSSR count). The zero-order chi connectivity index (χ0) is 13.7. The lowest BCUT2D eigenvalue weighted by atomic mass is 10.2. The predicted octanol–water partition coefficient (Wildman–Crippen LogP) is 2.51. The molecule has 2 aromatic rings. The molecule has 0 saturated carbocycles. The van der Waals surface area contributed by atoms with Crippen LogP contribution in [0.3, 0.4) is 0 Å². The van der Waals surface area contributed by atoms with Crippen LogP contribution in [0.15, 0.2) is 24.3 Å². The number of benzene rings is 1. The maximum absolute atomic E-state index is 12.6. The summed E-state index contributed by atoms with van der Waals surface area (Å²) in [5.74, 6) is 2.02. The Kier molecular flexibility index (Phi) is 2.70. The SMILES string of the molecule is COc1ccc2cc(C(=O)N3CC4CC3CS4)[nH]c2c1. The lowest BCUT2D eigenvalue weighted by Gasteiger charge is -2.26. The van der Waals surface area contributed by atoms with Gasteiger partial charge in [-0.05, 0) is 24.6 Å². The predicted molar refractivity (Wildman–Crippen MR) is 80.5 cm³/mol. The van der Waals surface area contributed by atoms with Crippen LogP contribution in [0.4, 0.5) is 0 Å². The lowest BCUT2D eigenvalue weighted by molar-refractivity contribution is 0.0742. The van der Waals surface area contributed by atoms with Gasteiger partial charge in [-0.25, -0.2) is 0 Å². The summed E-state index contributed by atoms with van der Waals surface area (Å²) in [7, 11) is 1.65. The molecule has 2 bridgehead atoms. The van der Waals surface area contributed by atoms with Crippen LogP contribution >= 0.6 is 11.8 Å². The molecule has 2 atom stereocenters.